The number of aromatic nitrogens is 2. The molecule has 0 aliphatic rings. The zero-order valence-corrected chi connectivity index (χ0v) is 7.20. The van der Waals surface area contributed by atoms with Crippen molar-refractivity contribution in [2.45, 2.75) is 0 Å². The van der Waals surface area contributed by atoms with E-state index in [1.165, 1.54) is 12.1 Å². The van der Waals surface area contributed by atoms with Crippen molar-refractivity contribution in [3.63, 3.8) is 0 Å². The Morgan fingerprint density at radius 2 is 1.93 bits per heavy atom. The number of hydrogen-bond acceptors (Lipinski definition) is 2. The van der Waals surface area contributed by atoms with Crippen LogP contribution in [0.25, 0.3) is 11.4 Å². The Hall–Kier alpha value is -1.97. The number of halogens is 1. The smallest absolute Gasteiger partial charge is 0.248 e. The van der Waals surface area contributed by atoms with E-state index in [1.807, 2.05) is 0 Å². The third-order valence-electron chi connectivity index (χ3n) is 1.76. The van der Waals surface area contributed by atoms with Crippen molar-refractivity contribution in [3.05, 3.63) is 52.7 Å². The Balaban J connectivity index is 2.55. The second kappa shape index (κ2) is 3.41. The number of pyridine rings is 2. The third kappa shape index (κ3) is 1.69. The zero-order chi connectivity index (χ0) is 9.97. The first-order valence-corrected chi connectivity index (χ1v) is 4.08. The van der Waals surface area contributed by atoms with Gasteiger partial charge in [-0.25, -0.2) is 4.98 Å². The van der Waals surface area contributed by atoms with Gasteiger partial charge < -0.3 is 4.98 Å². The summed E-state index contributed by atoms with van der Waals surface area (Å²) in [4.78, 5) is 17.2. The van der Waals surface area contributed by atoms with Crippen molar-refractivity contribution in [2.24, 2.45) is 0 Å². The number of nitrogens with zero attached hydrogens (tertiary/aromatic N) is 1. The summed E-state index contributed by atoms with van der Waals surface area (Å²) in [6.07, 6.45) is 0. The Morgan fingerprint density at radius 3 is 2.64 bits per heavy atom. The second-order valence-corrected chi connectivity index (χ2v) is 2.77. The molecule has 2 aromatic rings. The molecular formula is C10H7FN2O. The van der Waals surface area contributed by atoms with Gasteiger partial charge in [0.1, 0.15) is 0 Å². The molecule has 2 heterocycles. The lowest BCUT2D eigenvalue weighted by Gasteiger charge is -1.98. The van der Waals surface area contributed by atoms with Crippen molar-refractivity contribution in [1.82, 2.24) is 9.97 Å². The molecule has 0 bridgehead atoms. The lowest BCUT2D eigenvalue weighted by molar-refractivity contribution is 0.585. The van der Waals surface area contributed by atoms with E-state index in [4.69, 9.17) is 0 Å². The highest BCUT2D eigenvalue weighted by Crippen LogP contribution is 2.11. The van der Waals surface area contributed by atoms with Crippen LogP contribution in [-0.2, 0) is 0 Å². The first-order chi connectivity index (χ1) is 6.75. The van der Waals surface area contributed by atoms with Gasteiger partial charge in [-0.2, -0.15) is 4.39 Å². The fourth-order valence-corrected chi connectivity index (χ4v) is 1.16. The zero-order valence-electron chi connectivity index (χ0n) is 7.20. The highest BCUT2D eigenvalue weighted by Gasteiger charge is 2.00. The van der Waals surface area contributed by atoms with Crippen LogP contribution in [0.5, 0.6) is 0 Å². The highest BCUT2D eigenvalue weighted by atomic mass is 19.1. The molecule has 0 atom stereocenters. The summed E-state index contributed by atoms with van der Waals surface area (Å²) in [6.45, 7) is 0. The van der Waals surface area contributed by atoms with Gasteiger partial charge in [-0.15, -0.1) is 0 Å². The monoisotopic (exact) mass is 190 g/mol. The summed E-state index contributed by atoms with van der Waals surface area (Å²) in [5.41, 5.74) is 0.702. The highest BCUT2D eigenvalue weighted by molar-refractivity contribution is 5.52. The van der Waals surface area contributed by atoms with Crippen LogP contribution in [0.3, 0.4) is 0 Å². The van der Waals surface area contributed by atoms with Crippen LogP contribution < -0.4 is 5.56 Å². The van der Waals surface area contributed by atoms with E-state index in [1.54, 1.807) is 24.3 Å². The predicted octanol–water partition coefficient (Wildman–Crippen LogP) is 1.58. The summed E-state index contributed by atoms with van der Waals surface area (Å²) >= 11 is 0. The van der Waals surface area contributed by atoms with E-state index in [2.05, 4.69) is 9.97 Å². The van der Waals surface area contributed by atoms with Gasteiger partial charge in [0.2, 0.25) is 11.5 Å². The summed E-state index contributed by atoms with van der Waals surface area (Å²) in [5, 5.41) is 0. The van der Waals surface area contributed by atoms with E-state index in [0.717, 1.165) is 0 Å². The topological polar surface area (TPSA) is 45.8 Å². The molecule has 0 saturated heterocycles. The number of aromatic amines is 1. The Labute approximate surface area is 79.3 Å². The van der Waals surface area contributed by atoms with Gasteiger partial charge in [-0.3, -0.25) is 4.79 Å². The molecular weight excluding hydrogens is 183 g/mol. The molecule has 0 unspecified atom stereocenters. The van der Waals surface area contributed by atoms with E-state index in [0.29, 0.717) is 11.4 Å². The van der Waals surface area contributed by atoms with Gasteiger partial charge in [0.25, 0.3) is 0 Å². The van der Waals surface area contributed by atoms with Crippen LogP contribution in [-0.4, -0.2) is 9.97 Å². The predicted molar refractivity (Wildman–Crippen MR) is 50.3 cm³/mol. The van der Waals surface area contributed by atoms with Crippen molar-refractivity contribution in [3.8, 4) is 11.4 Å². The third-order valence-corrected chi connectivity index (χ3v) is 1.76. The minimum Gasteiger partial charge on any atom is -0.321 e. The van der Waals surface area contributed by atoms with Gasteiger partial charge in [0, 0.05) is 6.07 Å². The van der Waals surface area contributed by atoms with Crippen LogP contribution in [0.15, 0.2) is 41.2 Å². The van der Waals surface area contributed by atoms with Gasteiger partial charge in [-0.05, 0) is 18.2 Å². The minimum absolute atomic E-state index is 0.228. The fraction of sp³-hybridized carbons (Fsp3) is 0. The SMILES string of the molecule is O=c1cccc(-c2cccc(F)n2)[nH]1. The van der Waals surface area contributed by atoms with E-state index in [-0.39, 0.29) is 5.56 Å². The number of hydrogen-bond donors (Lipinski definition) is 1. The number of H-pyrrole nitrogens is 1. The minimum atomic E-state index is -0.563. The Morgan fingerprint density at radius 1 is 1.14 bits per heavy atom. The van der Waals surface area contributed by atoms with Crippen LogP contribution in [0.1, 0.15) is 0 Å². The molecule has 0 aromatic carbocycles. The average molecular weight is 190 g/mol. The largest absolute Gasteiger partial charge is 0.321 e. The van der Waals surface area contributed by atoms with Crippen molar-refractivity contribution in [2.75, 3.05) is 0 Å². The second-order valence-electron chi connectivity index (χ2n) is 2.77. The van der Waals surface area contributed by atoms with E-state index in [9.17, 15) is 9.18 Å². The molecule has 0 saturated carbocycles. The molecule has 0 spiro atoms. The lowest BCUT2D eigenvalue weighted by Crippen LogP contribution is -2.04. The van der Waals surface area contributed by atoms with Gasteiger partial charge in [0.05, 0.1) is 11.4 Å². The van der Waals surface area contributed by atoms with Crippen LogP contribution in [0.2, 0.25) is 0 Å². The maximum Gasteiger partial charge on any atom is 0.248 e. The number of rotatable bonds is 1. The molecule has 0 fully saturated rings. The van der Waals surface area contributed by atoms with Gasteiger partial charge in [-0.1, -0.05) is 12.1 Å². The molecule has 0 aliphatic carbocycles. The summed E-state index contributed by atoms with van der Waals surface area (Å²) in [5.74, 6) is -0.563. The number of nitrogens with one attached hydrogen (secondary N) is 1. The average Bonchev–Trinajstić information content (AvgIpc) is 2.18. The molecule has 2 rings (SSSR count). The maximum absolute atomic E-state index is 12.8. The van der Waals surface area contributed by atoms with Gasteiger partial charge in [0.15, 0.2) is 0 Å². The summed E-state index contributed by atoms with van der Waals surface area (Å²) in [7, 11) is 0. The molecule has 14 heavy (non-hydrogen) atoms. The first kappa shape index (κ1) is 8.62. The van der Waals surface area contributed by atoms with Crippen LogP contribution in [0, 0.1) is 5.95 Å². The summed E-state index contributed by atoms with van der Waals surface area (Å²) < 4.78 is 12.8. The standard InChI is InChI=1S/C10H7FN2O/c11-9-5-1-3-7(12-9)8-4-2-6-10(14)13-8/h1-6H,(H,13,14). The summed E-state index contributed by atoms with van der Waals surface area (Å²) in [6, 6.07) is 9.09. The molecule has 0 radical (unpaired) electrons. The quantitative estimate of drug-likeness (QED) is 0.694. The Bertz CT molecular complexity index is 507. The molecule has 0 amide bonds. The normalized spacial score (nSPS) is 10.1. The van der Waals surface area contributed by atoms with Gasteiger partial charge >= 0.3 is 0 Å². The molecule has 0 aliphatic heterocycles. The molecule has 3 nitrogen and oxygen atoms in total. The van der Waals surface area contributed by atoms with E-state index < -0.39 is 5.95 Å². The molecule has 2 aromatic heterocycles. The van der Waals surface area contributed by atoms with Crippen LogP contribution in [0.4, 0.5) is 4.39 Å². The molecule has 70 valence electrons. The van der Waals surface area contributed by atoms with Crippen molar-refractivity contribution >= 4 is 0 Å². The fourth-order valence-electron chi connectivity index (χ4n) is 1.16. The lowest BCUT2D eigenvalue weighted by atomic mass is 10.2. The molecule has 1 N–H and O–H groups in total. The molecule has 4 heteroatoms. The van der Waals surface area contributed by atoms with Crippen molar-refractivity contribution < 1.29 is 4.39 Å². The maximum atomic E-state index is 12.8. The first-order valence-electron chi connectivity index (χ1n) is 4.08. The van der Waals surface area contributed by atoms with Crippen LogP contribution >= 0.6 is 0 Å². The Kier molecular flexibility index (Phi) is 2.10. The van der Waals surface area contributed by atoms with Crippen molar-refractivity contribution in [1.29, 1.82) is 0 Å². The van der Waals surface area contributed by atoms with E-state index >= 15 is 0 Å².